The second kappa shape index (κ2) is 11.7. The molecule has 0 bridgehead atoms. The van der Waals surface area contributed by atoms with Gasteiger partial charge in [0.2, 0.25) is 0 Å². The summed E-state index contributed by atoms with van der Waals surface area (Å²) in [6.07, 6.45) is -9.76. The number of nitrogens with zero attached hydrogens (tertiary/aromatic N) is 2. The number of urea groups is 1. The minimum atomic E-state index is -5.93. The molecule has 2 heterocycles. The smallest absolute Gasteiger partial charge is 0.369 e. The number of halogens is 7. The van der Waals surface area contributed by atoms with Gasteiger partial charge < -0.3 is 14.9 Å². The molecule has 1 aliphatic rings. The molecule has 41 heavy (non-hydrogen) atoms. The van der Waals surface area contributed by atoms with Gasteiger partial charge in [-0.05, 0) is 68.5 Å². The molecule has 2 amide bonds. The Labute approximate surface area is 230 Å². The Kier molecular flexibility index (Phi) is 8.64. The number of amides is 2. The minimum absolute atomic E-state index is 0.00351. The third-order valence-electron chi connectivity index (χ3n) is 6.98. The van der Waals surface area contributed by atoms with Crippen molar-refractivity contribution in [3.05, 3.63) is 76.8 Å². The zero-order chi connectivity index (χ0) is 30.0. The molecule has 3 aromatic rings. The number of alkyl halides is 6. The predicted molar refractivity (Wildman–Crippen MR) is 134 cm³/mol. The fourth-order valence-corrected chi connectivity index (χ4v) is 4.76. The first kappa shape index (κ1) is 30.3. The molecule has 1 aromatic heterocycles. The first-order chi connectivity index (χ1) is 19.2. The van der Waals surface area contributed by atoms with Crippen LogP contribution in [0.2, 0.25) is 0 Å². The molecular formula is C27H27F7N4O3. The van der Waals surface area contributed by atoms with Crippen LogP contribution in [0.5, 0.6) is 0 Å². The highest BCUT2D eigenvalue weighted by atomic mass is 19.4. The number of benzene rings is 2. The summed E-state index contributed by atoms with van der Waals surface area (Å²) in [5, 5.41) is 18.0. The van der Waals surface area contributed by atoms with Crippen LogP contribution in [0.25, 0.3) is 0 Å². The normalized spacial score (nSPS) is 15.6. The van der Waals surface area contributed by atoms with Crippen LogP contribution >= 0.6 is 0 Å². The second-order valence-corrected chi connectivity index (χ2v) is 10.0. The van der Waals surface area contributed by atoms with E-state index >= 15 is 0 Å². The highest BCUT2D eigenvalue weighted by Gasteiger charge is 2.71. The Hall–Kier alpha value is -3.65. The quantitative estimate of drug-likeness (QED) is 0.273. The minimum Gasteiger partial charge on any atom is -0.369 e. The van der Waals surface area contributed by atoms with Gasteiger partial charge in [-0.1, -0.05) is 35.5 Å². The number of likely N-dealkylation sites (tertiary alicyclic amines) is 1. The maximum absolute atomic E-state index is 14.6. The van der Waals surface area contributed by atoms with Gasteiger partial charge >= 0.3 is 18.4 Å². The van der Waals surface area contributed by atoms with Crippen molar-refractivity contribution in [2.24, 2.45) is 5.92 Å². The summed E-state index contributed by atoms with van der Waals surface area (Å²) in [5.41, 5.74) is -4.99. The third kappa shape index (κ3) is 6.99. The Morgan fingerprint density at radius 3 is 2.12 bits per heavy atom. The molecule has 4 rings (SSSR count). The van der Waals surface area contributed by atoms with Crippen LogP contribution in [-0.2, 0) is 18.6 Å². The molecule has 222 valence electrons. The molecular weight excluding hydrogens is 561 g/mol. The molecule has 1 aliphatic heterocycles. The lowest BCUT2D eigenvalue weighted by molar-refractivity contribution is -0.376. The predicted octanol–water partition coefficient (Wildman–Crippen LogP) is 6.53. The SMILES string of the molecule is Cc1cc(NC(=O)Nc2ccc(CC3CCN(Cc4ccc(C(O)(C(F)(F)F)C(F)(F)F)cc4)CC3)cc2F)no1. The summed E-state index contributed by atoms with van der Waals surface area (Å²) >= 11 is 0. The van der Waals surface area contributed by atoms with Crippen LogP contribution in [0.3, 0.4) is 0 Å². The van der Waals surface area contributed by atoms with Crippen LogP contribution in [0, 0.1) is 18.7 Å². The topological polar surface area (TPSA) is 90.6 Å². The Morgan fingerprint density at radius 2 is 1.59 bits per heavy atom. The molecule has 14 heteroatoms. The number of piperidine rings is 1. The summed E-state index contributed by atoms with van der Waals surface area (Å²) in [6.45, 7) is 3.23. The lowest BCUT2D eigenvalue weighted by Crippen LogP contribution is -2.53. The van der Waals surface area contributed by atoms with Crippen LogP contribution in [0.4, 0.5) is 47.0 Å². The van der Waals surface area contributed by atoms with Gasteiger partial charge in [-0.3, -0.25) is 10.2 Å². The summed E-state index contributed by atoms with van der Waals surface area (Å²) < 4.78 is 98.0. The van der Waals surface area contributed by atoms with E-state index in [1.54, 1.807) is 13.0 Å². The van der Waals surface area contributed by atoms with Gasteiger partial charge in [0.1, 0.15) is 11.6 Å². The highest BCUT2D eigenvalue weighted by molar-refractivity contribution is 5.99. The van der Waals surface area contributed by atoms with E-state index < -0.39 is 35.4 Å². The molecule has 1 fully saturated rings. The van der Waals surface area contributed by atoms with Crippen LogP contribution in [0.15, 0.2) is 53.1 Å². The van der Waals surface area contributed by atoms with Gasteiger partial charge in [-0.25, -0.2) is 9.18 Å². The van der Waals surface area contributed by atoms with Gasteiger partial charge in [-0.2, -0.15) is 26.3 Å². The summed E-state index contributed by atoms with van der Waals surface area (Å²) in [4.78, 5) is 14.1. The van der Waals surface area contributed by atoms with Gasteiger partial charge in [0, 0.05) is 18.2 Å². The molecule has 0 unspecified atom stereocenters. The van der Waals surface area contributed by atoms with Gasteiger partial charge in [0.15, 0.2) is 5.82 Å². The second-order valence-electron chi connectivity index (χ2n) is 10.0. The fourth-order valence-electron chi connectivity index (χ4n) is 4.76. The van der Waals surface area contributed by atoms with Crippen LogP contribution < -0.4 is 10.6 Å². The lowest BCUT2D eigenvalue weighted by atomic mass is 9.89. The number of carbonyl (C=O) groups is 1. The highest BCUT2D eigenvalue weighted by Crippen LogP contribution is 2.50. The first-order valence-corrected chi connectivity index (χ1v) is 12.6. The van der Waals surface area contributed by atoms with Crippen molar-refractivity contribution in [3.63, 3.8) is 0 Å². The third-order valence-corrected chi connectivity index (χ3v) is 6.98. The molecule has 0 aliphatic carbocycles. The zero-order valence-corrected chi connectivity index (χ0v) is 21.7. The van der Waals surface area contributed by atoms with Crippen molar-refractivity contribution in [2.75, 3.05) is 23.7 Å². The number of hydrogen-bond acceptors (Lipinski definition) is 5. The van der Waals surface area contributed by atoms with Gasteiger partial charge in [-0.15, -0.1) is 0 Å². The number of nitrogens with one attached hydrogen (secondary N) is 2. The number of aliphatic hydroxyl groups is 1. The van der Waals surface area contributed by atoms with E-state index in [-0.39, 0.29) is 17.4 Å². The molecule has 7 nitrogen and oxygen atoms in total. The molecule has 0 saturated carbocycles. The summed E-state index contributed by atoms with van der Waals surface area (Å²) in [5.74, 6) is 0.329. The van der Waals surface area contributed by atoms with E-state index in [2.05, 4.69) is 15.8 Å². The number of aryl methyl sites for hydroxylation is 1. The van der Waals surface area contributed by atoms with Crippen LogP contribution in [0.1, 0.15) is 35.3 Å². The molecule has 0 atom stereocenters. The number of hydrogen-bond donors (Lipinski definition) is 3. The zero-order valence-electron chi connectivity index (χ0n) is 21.7. The molecule has 0 radical (unpaired) electrons. The largest absolute Gasteiger partial charge is 0.430 e. The fraction of sp³-hybridized carbons (Fsp3) is 0.407. The van der Waals surface area contributed by atoms with E-state index in [4.69, 9.17) is 4.52 Å². The molecule has 3 N–H and O–H groups in total. The van der Waals surface area contributed by atoms with Gasteiger partial charge in [0.25, 0.3) is 5.60 Å². The number of rotatable bonds is 7. The lowest BCUT2D eigenvalue weighted by Gasteiger charge is -2.33. The van der Waals surface area contributed by atoms with E-state index in [9.17, 15) is 40.6 Å². The van der Waals surface area contributed by atoms with Crippen LogP contribution in [-0.4, -0.2) is 46.6 Å². The van der Waals surface area contributed by atoms with Gasteiger partial charge in [0.05, 0.1) is 5.69 Å². The molecule has 2 aromatic carbocycles. The van der Waals surface area contributed by atoms with Crippen molar-refractivity contribution in [3.8, 4) is 0 Å². The van der Waals surface area contributed by atoms with Crippen molar-refractivity contribution >= 4 is 17.5 Å². The van der Waals surface area contributed by atoms with Crippen molar-refractivity contribution in [1.29, 1.82) is 0 Å². The van der Waals surface area contributed by atoms with E-state index in [0.717, 1.165) is 30.5 Å². The summed E-state index contributed by atoms with van der Waals surface area (Å²) in [6, 6.07) is 8.96. The molecule has 1 saturated heterocycles. The first-order valence-electron chi connectivity index (χ1n) is 12.6. The Bertz CT molecular complexity index is 1330. The monoisotopic (exact) mass is 588 g/mol. The van der Waals surface area contributed by atoms with E-state index in [1.165, 1.54) is 18.2 Å². The average molecular weight is 589 g/mol. The maximum Gasteiger partial charge on any atom is 0.430 e. The number of anilines is 2. The van der Waals surface area contributed by atoms with Crippen molar-refractivity contribution in [1.82, 2.24) is 10.1 Å². The average Bonchev–Trinajstić information content (AvgIpc) is 3.29. The summed E-state index contributed by atoms with van der Waals surface area (Å²) in [7, 11) is 0. The maximum atomic E-state index is 14.6. The van der Waals surface area contributed by atoms with Crippen molar-refractivity contribution < 1.29 is 45.2 Å². The van der Waals surface area contributed by atoms with E-state index in [0.29, 0.717) is 49.5 Å². The van der Waals surface area contributed by atoms with E-state index in [1.807, 2.05) is 4.90 Å². The Balaban J connectivity index is 1.28. The molecule has 0 spiro atoms. The number of aromatic nitrogens is 1. The standard InChI is InChI=1S/C27H27F7N4O3/c1-16-12-23(37-41-16)36-24(39)35-22-7-4-19(14-21(22)28)13-17-8-10-38(11-9-17)15-18-2-5-20(6-3-18)25(40,26(29,30)31)27(32,33)34/h2-7,12,14,17,40H,8-11,13,15H2,1H3,(H2,35,36,37,39). The van der Waals surface area contributed by atoms with Crippen molar-refractivity contribution in [2.45, 2.75) is 50.7 Å². The Morgan fingerprint density at radius 1 is 0.976 bits per heavy atom. The number of carbonyl (C=O) groups excluding carboxylic acids is 1.